The second-order valence-corrected chi connectivity index (χ2v) is 4.68. The Balaban J connectivity index is 2.04. The molecule has 0 aliphatic heterocycles. The van der Waals surface area contributed by atoms with Crippen LogP contribution in [0.3, 0.4) is 0 Å². The monoisotopic (exact) mass is 324 g/mol. The summed E-state index contributed by atoms with van der Waals surface area (Å²) in [4.78, 5) is 14.7. The maximum absolute atomic E-state index is 12.9. The fourth-order valence-electron chi connectivity index (χ4n) is 1.47. The third-order valence-electron chi connectivity index (χ3n) is 2.46. The normalized spacial score (nSPS) is 10.2. The van der Waals surface area contributed by atoms with Gasteiger partial charge in [-0.25, -0.2) is 9.18 Å². The van der Waals surface area contributed by atoms with Crippen molar-refractivity contribution in [2.75, 3.05) is 5.32 Å². The van der Waals surface area contributed by atoms with Gasteiger partial charge in [-0.2, -0.15) is 0 Å². The number of anilines is 1. The van der Waals surface area contributed by atoms with E-state index in [1.54, 1.807) is 12.1 Å². The van der Waals surface area contributed by atoms with Crippen molar-refractivity contribution in [1.82, 2.24) is 4.98 Å². The van der Waals surface area contributed by atoms with Crippen LogP contribution in [0.25, 0.3) is 0 Å². The standard InChI is InChI=1S/C13H10BrFN2O2/c14-11-5-9(15)2-4-12(11)17-7-10-3-1-8(6-16-10)13(18)19/h1-6,17H,7H2,(H,18,19). The van der Waals surface area contributed by atoms with Crippen molar-refractivity contribution in [3.8, 4) is 0 Å². The van der Waals surface area contributed by atoms with Crippen molar-refractivity contribution in [1.29, 1.82) is 0 Å². The van der Waals surface area contributed by atoms with Gasteiger partial charge in [0.25, 0.3) is 0 Å². The Morgan fingerprint density at radius 2 is 2.16 bits per heavy atom. The summed E-state index contributed by atoms with van der Waals surface area (Å²) in [5, 5.41) is 11.8. The first kappa shape index (κ1) is 13.5. The van der Waals surface area contributed by atoms with Gasteiger partial charge in [-0.05, 0) is 46.3 Å². The average Bonchev–Trinajstić information content (AvgIpc) is 2.38. The second kappa shape index (κ2) is 5.79. The Kier molecular flexibility index (Phi) is 4.11. The summed E-state index contributed by atoms with van der Waals surface area (Å²) in [6.07, 6.45) is 1.30. The van der Waals surface area contributed by atoms with Gasteiger partial charge in [0.1, 0.15) is 5.82 Å². The van der Waals surface area contributed by atoms with Crippen LogP contribution in [0.1, 0.15) is 16.1 Å². The molecule has 1 aromatic heterocycles. The molecular weight excluding hydrogens is 315 g/mol. The molecule has 1 heterocycles. The molecular formula is C13H10BrFN2O2. The van der Waals surface area contributed by atoms with E-state index in [1.165, 1.54) is 24.4 Å². The molecule has 0 amide bonds. The number of pyridine rings is 1. The molecule has 0 unspecified atom stereocenters. The Morgan fingerprint density at radius 1 is 1.37 bits per heavy atom. The first-order valence-electron chi connectivity index (χ1n) is 5.43. The van der Waals surface area contributed by atoms with Crippen LogP contribution >= 0.6 is 15.9 Å². The van der Waals surface area contributed by atoms with Gasteiger partial charge in [0.05, 0.1) is 17.8 Å². The molecule has 0 spiro atoms. The molecule has 98 valence electrons. The van der Waals surface area contributed by atoms with Crippen molar-refractivity contribution in [3.63, 3.8) is 0 Å². The van der Waals surface area contributed by atoms with Gasteiger partial charge in [-0.3, -0.25) is 4.98 Å². The third-order valence-corrected chi connectivity index (χ3v) is 3.12. The molecule has 2 rings (SSSR count). The van der Waals surface area contributed by atoms with Gasteiger partial charge in [0.2, 0.25) is 0 Å². The summed E-state index contributed by atoms with van der Waals surface area (Å²) in [7, 11) is 0. The number of nitrogens with one attached hydrogen (secondary N) is 1. The minimum atomic E-state index is -1.01. The Labute approximate surface area is 117 Å². The fraction of sp³-hybridized carbons (Fsp3) is 0.0769. The van der Waals surface area contributed by atoms with Crippen LogP contribution in [0.4, 0.5) is 10.1 Å². The number of rotatable bonds is 4. The van der Waals surface area contributed by atoms with E-state index in [0.717, 1.165) is 5.69 Å². The second-order valence-electron chi connectivity index (χ2n) is 3.82. The van der Waals surface area contributed by atoms with Crippen LogP contribution in [0.2, 0.25) is 0 Å². The number of benzene rings is 1. The maximum atomic E-state index is 12.9. The minimum absolute atomic E-state index is 0.145. The van der Waals surface area contributed by atoms with E-state index in [-0.39, 0.29) is 11.4 Å². The zero-order valence-electron chi connectivity index (χ0n) is 9.73. The van der Waals surface area contributed by atoms with Crippen LogP contribution in [0.15, 0.2) is 41.0 Å². The Bertz CT molecular complexity index is 602. The van der Waals surface area contributed by atoms with Gasteiger partial charge in [0, 0.05) is 16.4 Å². The van der Waals surface area contributed by atoms with Crippen molar-refractivity contribution < 1.29 is 14.3 Å². The van der Waals surface area contributed by atoms with Crippen LogP contribution in [-0.4, -0.2) is 16.1 Å². The molecule has 0 saturated heterocycles. The highest BCUT2D eigenvalue weighted by atomic mass is 79.9. The zero-order chi connectivity index (χ0) is 13.8. The van der Waals surface area contributed by atoms with E-state index in [0.29, 0.717) is 16.7 Å². The first-order valence-corrected chi connectivity index (χ1v) is 6.22. The van der Waals surface area contributed by atoms with Gasteiger partial charge < -0.3 is 10.4 Å². The summed E-state index contributed by atoms with van der Waals surface area (Å²) < 4.78 is 13.5. The van der Waals surface area contributed by atoms with Crippen LogP contribution < -0.4 is 5.32 Å². The molecule has 2 aromatic rings. The summed E-state index contributed by atoms with van der Waals surface area (Å²) >= 11 is 3.25. The van der Waals surface area contributed by atoms with Crippen molar-refractivity contribution in [2.45, 2.75) is 6.54 Å². The van der Waals surface area contributed by atoms with E-state index in [4.69, 9.17) is 5.11 Å². The van der Waals surface area contributed by atoms with Gasteiger partial charge >= 0.3 is 5.97 Å². The molecule has 0 saturated carbocycles. The molecule has 1 aromatic carbocycles. The molecule has 0 atom stereocenters. The maximum Gasteiger partial charge on any atom is 0.337 e. The highest BCUT2D eigenvalue weighted by Gasteiger charge is 2.04. The number of aromatic carboxylic acids is 1. The fourth-order valence-corrected chi connectivity index (χ4v) is 1.97. The van der Waals surface area contributed by atoms with E-state index in [2.05, 4.69) is 26.2 Å². The quantitative estimate of drug-likeness (QED) is 0.905. The number of aromatic nitrogens is 1. The lowest BCUT2D eigenvalue weighted by Crippen LogP contribution is -2.04. The van der Waals surface area contributed by atoms with E-state index < -0.39 is 5.97 Å². The molecule has 0 fully saturated rings. The van der Waals surface area contributed by atoms with Crippen molar-refractivity contribution >= 4 is 27.6 Å². The average molecular weight is 325 g/mol. The predicted octanol–water partition coefficient (Wildman–Crippen LogP) is 3.29. The lowest BCUT2D eigenvalue weighted by atomic mass is 10.2. The number of nitrogens with zero attached hydrogens (tertiary/aromatic N) is 1. The van der Waals surface area contributed by atoms with Crippen molar-refractivity contribution in [3.05, 3.63) is 58.1 Å². The van der Waals surface area contributed by atoms with Crippen LogP contribution in [0.5, 0.6) is 0 Å². The number of carboxylic acids is 1. The molecule has 0 radical (unpaired) electrons. The van der Waals surface area contributed by atoms with Gasteiger partial charge in [0.15, 0.2) is 0 Å². The van der Waals surface area contributed by atoms with E-state index in [9.17, 15) is 9.18 Å². The third kappa shape index (κ3) is 3.51. The first-order chi connectivity index (χ1) is 9.06. The predicted molar refractivity (Wildman–Crippen MR) is 72.6 cm³/mol. The van der Waals surface area contributed by atoms with Crippen LogP contribution in [-0.2, 0) is 6.54 Å². The molecule has 0 aliphatic carbocycles. The zero-order valence-corrected chi connectivity index (χ0v) is 11.3. The number of hydrogen-bond acceptors (Lipinski definition) is 3. The number of carbonyl (C=O) groups is 1. The van der Waals surface area contributed by atoms with Crippen LogP contribution in [0, 0.1) is 5.82 Å². The minimum Gasteiger partial charge on any atom is -0.478 e. The smallest absolute Gasteiger partial charge is 0.337 e. The van der Waals surface area contributed by atoms with Gasteiger partial charge in [-0.15, -0.1) is 0 Å². The summed E-state index contributed by atoms with van der Waals surface area (Å²) in [5.41, 5.74) is 1.58. The van der Waals surface area contributed by atoms with Crippen molar-refractivity contribution in [2.24, 2.45) is 0 Å². The largest absolute Gasteiger partial charge is 0.478 e. The topological polar surface area (TPSA) is 62.2 Å². The molecule has 0 aliphatic rings. The molecule has 4 nitrogen and oxygen atoms in total. The molecule has 6 heteroatoms. The Hall–Kier alpha value is -1.95. The summed E-state index contributed by atoms with van der Waals surface area (Å²) in [6, 6.07) is 7.46. The lowest BCUT2D eigenvalue weighted by molar-refractivity contribution is 0.0696. The lowest BCUT2D eigenvalue weighted by Gasteiger charge is -2.08. The molecule has 2 N–H and O–H groups in total. The van der Waals surface area contributed by atoms with Gasteiger partial charge in [-0.1, -0.05) is 0 Å². The Morgan fingerprint density at radius 3 is 2.74 bits per heavy atom. The number of hydrogen-bond donors (Lipinski definition) is 2. The highest BCUT2D eigenvalue weighted by molar-refractivity contribution is 9.10. The summed E-state index contributed by atoms with van der Waals surface area (Å²) in [5.74, 6) is -1.32. The van der Waals surface area contributed by atoms with E-state index >= 15 is 0 Å². The molecule has 0 bridgehead atoms. The number of halogens is 2. The number of carboxylic acid groups (broad SMARTS) is 1. The summed E-state index contributed by atoms with van der Waals surface area (Å²) in [6.45, 7) is 0.421. The SMILES string of the molecule is O=C(O)c1ccc(CNc2ccc(F)cc2Br)nc1. The molecule has 19 heavy (non-hydrogen) atoms. The van der Waals surface area contributed by atoms with E-state index in [1.807, 2.05) is 0 Å². The highest BCUT2D eigenvalue weighted by Crippen LogP contribution is 2.23.